The Morgan fingerprint density at radius 3 is 1.97 bits per heavy atom. The van der Waals surface area contributed by atoms with Gasteiger partial charge in [-0.1, -0.05) is 44.2 Å². The second-order valence-electron chi connectivity index (χ2n) is 8.56. The molecule has 4 rings (SSSR count). The first-order valence-electron chi connectivity index (χ1n) is 11.6. The van der Waals surface area contributed by atoms with Crippen LogP contribution >= 0.6 is 0 Å². The summed E-state index contributed by atoms with van der Waals surface area (Å²) >= 11 is 0. The van der Waals surface area contributed by atoms with Gasteiger partial charge < -0.3 is 9.47 Å². The molecule has 0 aromatic heterocycles. The lowest BCUT2D eigenvalue weighted by atomic mass is 9.98. The summed E-state index contributed by atoms with van der Waals surface area (Å²) in [6.07, 6.45) is 0.827. The molecular formula is C28H19F4NO6. The molecule has 0 aliphatic heterocycles. The summed E-state index contributed by atoms with van der Waals surface area (Å²) < 4.78 is 68.7. The number of rotatable bonds is 7. The van der Waals surface area contributed by atoms with Gasteiger partial charge in [0.15, 0.2) is 11.6 Å². The van der Waals surface area contributed by atoms with E-state index in [1.54, 1.807) is 12.1 Å². The Kier molecular flexibility index (Phi) is 7.61. The molecule has 39 heavy (non-hydrogen) atoms. The van der Waals surface area contributed by atoms with Crippen LogP contribution in [0, 0.1) is 33.4 Å². The monoisotopic (exact) mass is 541 g/mol. The van der Waals surface area contributed by atoms with Crippen molar-refractivity contribution in [3.63, 3.8) is 0 Å². The van der Waals surface area contributed by atoms with Crippen LogP contribution in [0.5, 0.6) is 11.5 Å². The lowest BCUT2D eigenvalue weighted by Crippen LogP contribution is -2.19. The summed E-state index contributed by atoms with van der Waals surface area (Å²) in [6.45, 7) is 3.93. The van der Waals surface area contributed by atoms with Crippen LogP contribution in [0.3, 0.4) is 0 Å². The van der Waals surface area contributed by atoms with Gasteiger partial charge in [0.1, 0.15) is 11.3 Å². The molecule has 0 heterocycles. The number of fused-ring (bicyclic) bond motifs is 1. The van der Waals surface area contributed by atoms with Gasteiger partial charge in [-0.25, -0.2) is 18.4 Å². The Bertz CT molecular complexity index is 1590. The molecule has 0 radical (unpaired) electrons. The molecule has 0 saturated heterocycles. The lowest BCUT2D eigenvalue weighted by Gasteiger charge is -2.13. The predicted molar refractivity (Wildman–Crippen MR) is 132 cm³/mol. The predicted octanol–water partition coefficient (Wildman–Crippen LogP) is 7.26. The second-order valence-corrected chi connectivity index (χ2v) is 8.56. The minimum Gasteiger partial charge on any atom is -0.422 e. The number of hydrogen-bond donors (Lipinski definition) is 0. The molecule has 0 aliphatic rings. The average molecular weight is 541 g/mol. The van der Waals surface area contributed by atoms with Crippen molar-refractivity contribution in [1.82, 2.24) is 0 Å². The van der Waals surface area contributed by atoms with Crippen LogP contribution in [-0.2, 0) is 0 Å². The third-order valence-corrected chi connectivity index (χ3v) is 6.21. The van der Waals surface area contributed by atoms with Gasteiger partial charge in [-0.15, -0.1) is 0 Å². The molecule has 0 bridgehead atoms. The summed E-state index contributed by atoms with van der Waals surface area (Å²) in [4.78, 5) is 35.6. The van der Waals surface area contributed by atoms with Crippen molar-refractivity contribution in [2.24, 2.45) is 0 Å². The van der Waals surface area contributed by atoms with E-state index in [4.69, 9.17) is 4.74 Å². The van der Waals surface area contributed by atoms with Crippen molar-refractivity contribution in [3.05, 3.63) is 111 Å². The third kappa shape index (κ3) is 5.15. The molecule has 0 fully saturated rings. The molecule has 1 unspecified atom stereocenters. The average Bonchev–Trinajstić information content (AvgIpc) is 2.93. The number of hydrogen-bond acceptors (Lipinski definition) is 6. The molecule has 0 amide bonds. The topological polar surface area (TPSA) is 95.7 Å². The van der Waals surface area contributed by atoms with Gasteiger partial charge in [0.05, 0.1) is 15.9 Å². The van der Waals surface area contributed by atoms with Crippen LogP contribution in [0.15, 0.2) is 60.7 Å². The quantitative estimate of drug-likeness (QED) is 0.0611. The number of non-ortho nitro benzene ring substituents is 1. The third-order valence-electron chi connectivity index (χ3n) is 6.21. The maximum absolute atomic E-state index is 14.8. The van der Waals surface area contributed by atoms with E-state index in [0.717, 1.165) is 24.1 Å². The fourth-order valence-corrected chi connectivity index (χ4v) is 3.87. The molecule has 4 aromatic rings. The van der Waals surface area contributed by atoms with Crippen molar-refractivity contribution >= 4 is 28.4 Å². The highest BCUT2D eigenvalue weighted by molar-refractivity contribution is 5.99. The first-order chi connectivity index (χ1) is 18.5. The van der Waals surface area contributed by atoms with Gasteiger partial charge in [-0.3, -0.25) is 10.1 Å². The van der Waals surface area contributed by atoms with Crippen LogP contribution in [0.25, 0.3) is 10.8 Å². The normalized spacial score (nSPS) is 11.7. The molecule has 0 aliphatic carbocycles. The standard InChI is InChI=1S/C28H19F4NO6/c1-3-14(2)15-8-10-16(11-9-15)27(34)39-26-24(31)22(29)21(23(30)25(26)32)28(35)38-20-13-12-19(33(36)37)17-6-4-5-7-18(17)20/h4-14H,3H2,1-2H3. The number of halogens is 4. The number of benzene rings is 4. The number of carbonyl (C=O) groups is 2. The van der Waals surface area contributed by atoms with Crippen LogP contribution in [0.4, 0.5) is 23.2 Å². The van der Waals surface area contributed by atoms with Crippen molar-refractivity contribution in [1.29, 1.82) is 0 Å². The highest BCUT2D eigenvalue weighted by Gasteiger charge is 2.33. The number of carbonyl (C=O) groups excluding carboxylic acids is 2. The van der Waals surface area contributed by atoms with E-state index in [9.17, 15) is 37.3 Å². The van der Waals surface area contributed by atoms with E-state index < -0.39 is 51.4 Å². The number of ether oxygens (including phenoxy) is 2. The summed E-state index contributed by atoms with van der Waals surface area (Å²) in [6, 6.07) is 13.5. The van der Waals surface area contributed by atoms with E-state index in [1.165, 1.54) is 36.4 Å². The van der Waals surface area contributed by atoms with Crippen molar-refractivity contribution < 1.29 is 41.5 Å². The Labute approximate surface area is 218 Å². The minimum absolute atomic E-state index is 0.0340. The Morgan fingerprint density at radius 1 is 0.821 bits per heavy atom. The van der Waals surface area contributed by atoms with E-state index in [-0.39, 0.29) is 33.7 Å². The summed E-state index contributed by atoms with van der Waals surface area (Å²) in [5.41, 5.74) is -1.28. The fraction of sp³-hybridized carbons (Fsp3) is 0.143. The van der Waals surface area contributed by atoms with Crippen LogP contribution < -0.4 is 9.47 Å². The molecule has 7 nitrogen and oxygen atoms in total. The Balaban J connectivity index is 1.65. The Morgan fingerprint density at radius 2 is 1.41 bits per heavy atom. The molecule has 0 saturated carbocycles. The zero-order chi connectivity index (χ0) is 28.4. The van der Waals surface area contributed by atoms with Crippen molar-refractivity contribution in [2.75, 3.05) is 0 Å². The maximum atomic E-state index is 14.8. The molecule has 200 valence electrons. The summed E-state index contributed by atoms with van der Waals surface area (Å²) in [5.74, 6) is -13.5. The van der Waals surface area contributed by atoms with E-state index >= 15 is 0 Å². The van der Waals surface area contributed by atoms with Gasteiger partial charge in [0.25, 0.3) is 5.69 Å². The zero-order valence-electron chi connectivity index (χ0n) is 20.5. The van der Waals surface area contributed by atoms with Gasteiger partial charge in [-0.05, 0) is 42.2 Å². The van der Waals surface area contributed by atoms with Crippen LogP contribution in [0.2, 0.25) is 0 Å². The fourth-order valence-electron chi connectivity index (χ4n) is 3.87. The van der Waals surface area contributed by atoms with E-state index in [1.807, 2.05) is 13.8 Å². The lowest BCUT2D eigenvalue weighted by molar-refractivity contribution is -0.383. The van der Waals surface area contributed by atoms with Crippen LogP contribution in [-0.4, -0.2) is 16.9 Å². The van der Waals surface area contributed by atoms with E-state index in [0.29, 0.717) is 0 Å². The van der Waals surface area contributed by atoms with Gasteiger partial charge in [0.2, 0.25) is 17.4 Å². The first kappa shape index (κ1) is 27.2. The zero-order valence-corrected chi connectivity index (χ0v) is 20.5. The second kappa shape index (κ2) is 10.9. The molecule has 1 atom stereocenters. The van der Waals surface area contributed by atoms with Gasteiger partial charge in [0, 0.05) is 11.5 Å². The van der Waals surface area contributed by atoms with Gasteiger partial charge >= 0.3 is 11.9 Å². The molecule has 0 N–H and O–H groups in total. The smallest absolute Gasteiger partial charge is 0.349 e. The largest absolute Gasteiger partial charge is 0.422 e. The minimum atomic E-state index is -2.15. The Hall–Kier alpha value is -4.80. The number of nitro groups is 1. The molecule has 4 aromatic carbocycles. The van der Waals surface area contributed by atoms with E-state index in [2.05, 4.69) is 4.74 Å². The van der Waals surface area contributed by atoms with Crippen LogP contribution in [0.1, 0.15) is 52.5 Å². The number of esters is 2. The van der Waals surface area contributed by atoms with Crippen molar-refractivity contribution in [3.8, 4) is 11.5 Å². The summed E-state index contributed by atoms with van der Waals surface area (Å²) in [5, 5.41) is 11.3. The molecular weight excluding hydrogens is 522 g/mol. The summed E-state index contributed by atoms with van der Waals surface area (Å²) in [7, 11) is 0. The SMILES string of the molecule is CCC(C)c1ccc(C(=O)Oc2c(F)c(F)c(C(=O)Oc3ccc([N+](=O)[O-])c4ccccc34)c(F)c2F)cc1. The van der Waals surface area contributed by atoms with Gasteiger partial charge in [-0.2, -0.15) is 8.78 Å². The van der Waals surface area contributed by atoms with Crippen molar-refractivity contribution in [2.45, 2.75) is 26.2 Å². The highest BCUT2D eigenvalue weighted by Crippen LogP contribution is 2.35. The highest BCUT2D eigenvalue weighted by atomic mass is 19.2. The maximum Gasteiger partial charge on any atom is 0.349 e. The number of nitrogens with zero attached hydrogens (tertiary/aromatic N) is 1. The molecule has 0 spiro atoms. The molecule has 11 heteroatoms. The first-order valence-corrected chi connectivity index (χ1v) is 11.6. The number of nitro benzene ring substituents is 1.